The van der Waals surface area contributed by atoms with Gasteiger partial charge in [0.25, 0.3) is 0 Å². The number of anilines is 3. The first kappa shape index (κ1) is 36.5. The van der Waals surface area contributed by atoms with Crippen LogP contribution in [0.4, 0.5) is 17.1 Å². The molecule has 0 fully saturated rings. The second-order valence-electron chi connectivity index (χ2n) is 16.0. The van der Waals surface area contributed by atoms with Crippen LogP contribution in [0.25, 0.3) is 99.5 Å². The average molecular weight is 806 g/mol. The van der Waals surface area contributed by atoms with Crippen LogP contribution in [0.1, 0.15) is 0 Å². The van der Waals surface area contributed by atoms with Gasteiger partial charge in [0.1, 0.15) is 22.3 Å². The Labute approximate surface area is 365 Å². The molecule has 296 valence electrons. The van der Waals surface area contributed by atoms with Gasteiger partial charge in [-0.15, -0.1) is 0 Å². The molecule has 12 aromatic rings. The highest BCUT2D eigenvalue weighted by Crippen LogP contribution is 2.50. The summed E-state index contributed by atoms with van der Waals surface area (Å²) >= 11 is 0. The zero-order valence-corrected chi connectivity index (χ0v) is 34.3. The van der Waals surface area contributed by atoms with Crippen molar-refractivity contribution in [1.29, 1.82) is 0 Å². The highest BCUT2D eigenvalue weighted by atomic mass is 16.3. The molecule has 0 atom stereocenters. The lowest BCUT2D eigenvalue weighted by Gasteiger charge is -2.29. The van der Waals surface area contributed by atoms with E-state index in [2.05, 4.69) is 223 Å². The van der Waals surface area contributed by atoms with Gasteiger partial charge >= 0.3 is 0 Å². The van der Waals surface area contributed by atoms with Crippen LogP contribution in [0.15, 0.2) is 245 Å². The fourth-order valence-corrected chi connectivity index (χ4v) is 9.32. The molecule has 0 unspecified atom stereocenters. The summed E-state index contributed by atoms with van der Waals surface area (Å²) in [7, 11) is 0. The van der Waals surface area contributed by atoms with Crippen molar-refractivity contribution in [2.45, 2.75) is 0 Å². The molecule has 63 heavy (non-hydrogen) atoms. The first-order valence-electron chi connectivity index (χ1n) is 21.4. The van der Waals surface area contributed by atoms with Crippen LogP contribution in [0.2, 0.25) is 0 Å². The molecule has 12 rings (SSSR count). The molecule has 0 aliphatic rings. The van der Waals surface area contributed by atoms with Crippen LogP contribution in [0.5, 0.6) is 0 Å². The van der Waals surface area contributed by atoms with Gasteiger partial charge < -0.3 is 13.7 Å². The van der Waals surface area contributed by atoms with E-state index >= 15 is 0 Å². The quantitative estimate of drug-likeness (QED) is 0.153. The zero-order chi connectivity index (χ0) is 41.7. The number of hydrogen-bond donors (Lipinski definition) is 0. The number of para-hydroxylation sites is 3. The van der Waals surface area contributed by atoms with Crippen molar-refractivity contribution >= 4 is 60.9 Å². The smallest absolute Gasteiger partial charge is 0.143 e. The van der Waals surface area contributed by atoms with Crippen molar-refractivity contribution in [1.82, 2.24) is 0 Å². The molecule has 0 N–H and O–H groups in total. The van der Waals surface area contributed by atoms with Gasteiger partial charge in [-0.25, -0.2) is 0 Å². The number of benzene rings is 10. The molecule has 0 radical (unpaired) electrons. The SMILES string of the molecule is c1ccc(-c2ccc(N(c3ccc(-c4cccc5c4oc4ccccc45)cc3)c3ccc4oc5ccccc5c4c3-c3ccc(-c4ccccc4)cc3-c3ccccc3)cc2)cc1. The third-order valence-electron chi connectivity index (χ3n) is 12.3. The summed E-state index contributed by atoms with van der Waals surface area (Å²) in [5.74, 6) is 0. The van der Waals surface area contributed by atoms with Gasteiger partial charge in [0.05, 0.1) is 5.69 Å². The van der Waals surface area contributed by atoms with Crippen LogP contribution >= 0.6 is 0 Å². The van der Waals surface area contributed by atoms with Crippen molar-refractivity contribution in [3.05, 3.63) is 237 Å². The molecule has 3 heteroatoms. The number of hydrogen-bond acceptors (Lipinski definition) is 3. The van der Waals surface area contributed by atoms with E-state index in [9.17, 15) is 0 Å². The Morgan fingerprint density at radius 3 is 1.48 bits per heavy atom. The molecule has 0 amide bonds. The van der Waals surface area contributed by atoms with Crippen molar-refractivity contribution < 1.29 is 8.83 Å². The van der Waals surface area contributed by atoms with Crippen LogP contribution in [-0.4, -0.2) is 0 Å². The summed E-state index contributed by atoms with van der Waals surface area (Å²) < 4.78 is 13.2. The van der Waals surface area contributed by atoms with Gasteiger partial charge in [-0.2, -0.15) is 0 Å². The number of fused-ring (bicyclic) bond motifs is 6. The minimum atomic E-state index is 0.842. The summed E-state index contributed by atoms with van der Waals surface area (Å²) in [5.41, 5.74) is 17.9. The van der Waals surface area contributed by atoms with Gasteiger partial charge in [-0.3, -0.25) is 0 Å². The average Bonchev–Trinajstić information content (AvgIpc) is 3.94. The Kier molecular flexibility index (Phi) is 8.83. The third-order valence-corrected chi connectivity index (χ3v) is 12.3. The summed E-state index contributed by atoms with van der Waals surface area (Å²) in [6.07, 6.45) is 0. The van der Waals surface area contributed by atoms with E-state index < -0.39 is 0 Å². The van der Waals surface area contributed by atoms with Crippen LogP contribution in [-0.2, 0) is 0 Å². The maximum atomic E-state index is 6.66. The van der Waals surface area contributed by atoms with Crippen LogP contribution < -0.4 is 4.90 Å². The van der Waals surface area contributed by atoms with E-state index in [4.69, 9.17) is 8.83 Å². The Morgan fingerprint density at radius 2 is 0.794 bits per heavy atom. The van der Waals surface area contributed by atoms with Crippen LogP contribution in [0.3, 0.4) is 0 Å². The largest absolute Gasteiger partial charge is 0.456 e. The van der Waals surface area contributed by atoms with Gasteiger partial charge in [-0.1, -0.05) is 182 Å². The van der Waals surface area contributed by atoms with Crippen molar-refractivity contribution in [3.63, 3.8) is 0 Å². The first-order chi connectivity index (χ1) is 31.2. The lowest BCUT2D eigenvalue weighted by molar-refractivity contribution is 0.669. The Hall–Kier alpha value is -8.40. The molecule has 3 nitrogen and oxygen atoms in total. The number of nitrogens with zero attached hydrogens (tertiary/aromatic N) is 1. The predicted octanol–water partition coefficient (Wildman–Crippen LogP) is 17.3. The van der Waals surface area contributed by atoms with Crippen molar-refractivity contribution in [2.24, 2.45) is 0 Å². The summed E-state index contributed by atoms with van der Waals surface area (Å²) in [6, 6.07) is 84.1. The Bertz CT molecular complexity index is 3590. The van der Waals surface area contributed by atoms with Gasteiger partial charge in [-0.05, 0) is 99.1 Å². The zero-order valence-electron chi connectivity index (χ0n) is 34.3. The number of furan rings is 2. The molecule has 2 aromatic heterocycles. The lowest BCUT2D eigenvalue weighted by Crippen LogP contribution is -2.11. The lowest BCUT2D eigenvalue weighted by atomic mass is 9.88. The summed E-state index contributed by atoms with van der Waals surface area (Å²) in [6.45, 7) is 0. The molecule has 0 spiro atoms. The van der Waals surface area contributed by atoms with E-state index in [-0.39, 0.29) is 0 Å². The molecular weight excluding hydrogens is 767 g/mol. The minimum Gasteiger partial charge on any atom is -0.456 e. The molecule has 0 bridgehead atoms. The maximum Gasteiger partial charge on any atom is 0.143 e. The summed E-state index contributed by atoms with van der Waals surface area (Å²) in [5, 5.41) is 4.39. The normalized spacial score (nSPS) is 11.5. The van der Waals surface area contributed by atoms with Crippen molar-refractivity contribution in [2.75, 3.05) is 4.90 Å². The highest BCUT2D eigenvalue weighted by Gasteiger charge is 2.25. The molecule has 0 saturated carbocycles. The fraction of sp³-hybridized carbons (Fsp3) is 0. The molecule has 0 saturated heterocycles. The molecule has 2 heterocycles. The monoisotopic (exact) mass is 805 g/mol. The predicted molar refractivity (Wildman–Crippen MR) is 263 cm³/mol. The Morgan fingerprint density at radius 1 is 0.286 bits per heavy atom. The van der Waals surface area contributed by atoms with E-state index in [1.54, 1.807) is 0 Å². The third kappa shape index (κ3) is 6.38. The number of rotatable bonds is 8. The topological polar surface area (TPSA) is 29.5 Å². The van der Waals surface area contributed by atoms with Gasteiger partial charge in [0, 0.05) is 44.0 Å². The van der Waals surface area contributed by atoms with Gasteiger partial charge in [0.15, 0.2) is 0 Å². The fourth-order valence-electron chi connectivity index (χ4n) is 9.32. The highest BCUT2D eigenvalue weighted by molar-refractivity contribution is 6.18. The summed E-state index contributed by atoms with van der Waals surface area (Å²) in [4.78, 5) is 2.40. The van der Waals surface area contributed by atoms with E-state index in [0.29, 0.717) is 0 Å². The Balaban J connectivity index is 1.11. The minimum absolute atomic E-state index is 0.842. The van der Waals surface area contributed by atoms with Gasteiger partial charge in [0.2, 0.25) is 0 Å². The second kappa shape index (κ2) is 15.3. The molecule has 0 aliphatic heterocycles. The molecular formula is C60H39NO2. The standard InChI is InChI=1S/C60H39NO2/c1-4-15-40(16-5-1)42-27-32-46(33-28-42)61(47-34-29-44(30-35-47)48-23-14-24-51-49-21-10-12-25-55(49)63-60(48)51)54-37-38-57-59(52-22-11-13-26-56(52)62-57)58(54)50-36-31-45(41-17-6-2-7-18-41)39-53(50)43-19-8-3-9-20-43/h1-39H. The van der Waals surface area contributed by atoms with Crippen molar-refractivity contribution in [3.8, 4) is 55.6 Å². The maximum absolute atomic E-state index is 6.66. The second-order valence-corrected chi connectivity index (χ2v) is 16.0. The first-order valence-corrected chi connectivity index (χ1v) is 21.4. The van der Waals surface area contributed by atoms with E-state index in [0.717, 1.165) is 105 Å². The van der Waals surface area contributed by atoms with E-state index in [1.165, 1.54) is 11.1 Å². The van der Waals surface area contributed by atoms with Crippen LogP contribution in [0, 0.1) is 0 Å². The molecule has 0 aliphatic carbocycles. The molecule has 10 aromatic carbocycles. The van der Waals surface area contributed by atoms with E-state index in [1.807, 2.05) is 18.2 Å².